The number of rotatable bonds is 3. The predicted octanol–water partition coefficient (Wildman–Crippen LogP) is 5.82. The third-order valence-corrected chi connectivity index (χ3v) is 5.10. The molecule has 26 heavy (non-hydrogen) atoms. The summed E-state index contributed by atoms with van der Waals surface area (Å²) in [6.07, 6.45) is 0. The van der Waals surface area contributed by atoms with Gasteiger partial charge in [0.1, 0.15) is 5.58 Å². The summed E-state index contributed by atoms with van der Waals surface area (Å²) in [4.78, 5) is 14.6. The summed E-state index contributed by atoms with van der Waals surface area (Å²) in [6, 6.07) is 19.6. The molecule has 0 saturated heterocycles. The van der Waals surface area contributed by atoms with Gasteiger partial charge in [-0.15, -0.1) is 0 Å². The Bertz CT molecular complexity index is 1130. The molecule has 0 spiro atoms. The highest BCUT2D eigenvalue weighted by Crippen LogP contribution is 2.32. The smallest absolute Gasteiger partial charge is 0.289 e. The van der Waals surface area contributed by atoms with Crippen molar-refractivity contribution in [1.82, 2.24) is 4.90 Å². The van der Waals surface area contributed by atoms with Gasteiger partial charge in [-0.25, -0.2) is 0 Å². The van der Waals surface area contributed by atoms with E-state index < -0.39 is 0 Å². The Morgan fingerprint density at radius 2 is 1.73 bits per heavy atom. The second-order valence-electron chi connectivity index (χ2n) is 6.47. The van der Waals surface area contributed by atoms with E-state index in [-0.39, 0.29) is 5.91 Å². The van der Waals surface area contributed by atoms with Crippen LogP contribution in [0.1, 0.15) is 21.7 Å². The molecule has 0 aliphatic heterocycles. The molecule has 0 unspecified atom stereocenters. The van der Waals surface area contributed by atoms with E-state index in [1.54, 1.807) is 11.9 Å². The van der Waals surface area contributed by atoms with Crippen molar-refractivity contribution in [2.75, 3.05) is 7.05 Å². The first-order valence-corrected chi connectivity index (χ1v) is 8.84. The topological polar surface area (TPSA) is 33.5 Å². The van der Waals surface area contributed by atoms with Crippen molar-refractivity contribution in [3.63, 3.8) is 0 Å². The quantitative estimate of drug-likeness (QED) is 0.459. The molecule has 0 radical (unpaired) electrons. The molecule has 4 heteroatoms. The highest BCUT2D eigenvalue weighted by Gasteiger charge is 2.22. The monoisotopic (exact) mass is 363 g/mol. The molecular weight excluding hydrogens is 346 g/mol. The Balaban J connectivity index is 1.74. The van der Waals surface area contributed by atoms with Crippen molar-refractivity contribution in [2.24, 2.45) is 0 Å². The lowest BCUT2D eigenvalue weighted by atomic mass is 10.1. The van der Waals surface area contributed by atoms with Gasteiger partial charge < -0.3 is 9.32 Å². The van der Waals surface area contributed by atoms with Crippen molar-refractivity contribution in [3.05, 3.63) is 82.6 Å². The van der Waals surface area contributed by atoms with E-state index in [1.807, 2.05) is 61.5 Å². The van der Waals surface area contributed by atoms with Gasteiger partial charge in [-0.1, -0.05) is 66.2 Å². The first-order chi connectivity index (χ1) is 12.6. The SMILES string of the molecule is Cc1c(C(=O)N(C)Cc2ccccc2Cl)oc2c1ccc1ccccc12. The lowest BCUT2D eigenvalue weighted by molar-refractivity contribution is 0.0755. The van der Waals surface area contributed by atoms with Gasteiger partial charge in [0.15, 0.2) is 5.76 Å². The molecule has 3 nitrogen and oxygen atoms in total. The third kappa shape index (κ3) is 2.74. The largest absolute Gasteiger partial charge is 0.450 e. The van der Waals surface area contributed by atoms with Crippen LogP contribution in [0.25, 0.3) is 21.7 Å². The minimum Gasteiger partial charge on any atom is -0.450 e. The molecule has 0 saturated carbocycles. The van der Waals surface area contributed by atoms with Gasteiger partial charge in [-0.3, -0.25) is 4.79 Å². The van der Waals surface area contributed by atoms with Crippen LogP contribution >= 0.6 is 11.6 Å². The first kappa shape index (κ1) is 16.7. The molecule has 4 rings (SSSR count). The molecule has 130 valence electrons. The van der Waals surface area contributed by atoms with E-state index in [0.29, 0.717) is 17.3 Å². The number of furan rings is 1. The van der Waals surface area contributed by atoms with Crippen molar-refractivity contribution >= 4 is 39.2 Å². The van der Waals surface area contributed by atoms with Crippen molar-refractivity contribution in [2.45, 2.75) is 13.5 Å². The fourth-order valence-corrected chi connectivity index (χ4v) is 3.48. The van der Waals surface area contributed by atoms with Crippen LogP contribution in [0.4, 0.5) is 0 Å². The summed E-state index contributed by atoms with van der Waals surface area (Å²) in [6.45, 7) is 2.35. The maximum Gasteiger partial charge on any atom is 0.289 e. The number of amides is 1. The summed E-state index contributed by atoms with van der Waals surface area (Å²) in [7, 11) is 1.76. The maximum absolute atomic E-state index is 13.0. The van der Waals surface area contributed by atoms with E-state index in [2.05, 4.69) is 6.07 Å². The van der Waals surface area contributed by atoms with Crippen LogP contribution < -0.4 is 0 Å². The number of aryl methyl sites for hydroxylation is 1. The predicted molar refractivity (Wildman–Crippen MR) is 106 cm³/mol. The van der Waals surface area contributed by atoms with E-state index in [0.717, 1.165) is 32.9 Å². The third-order valence-electron chi connectivity index (χ3n) is 4.73. The molecule has 0 bridgehead atoms. The van der Waals surface area contributed by atoms with Crippen LogP contribution in [0.15, 0.2) is 65.1 Å². The molecule has 1 heterocycles. The van der Waals surface area contributed by atoms with Crippen LogP contribution in [-0.2, 0) is 6.54 Å². The lowest BCUT2D eigenvalue weighted by Gasteiger charge is -2.17. The van der Waals surface area contributed by atoms with Crippen LogP contribution in [0.3, 0.4) is 0 Å². The van der Waals surface area contributed by atoms with Gasteiger partial charge in [0.25, 0.3) is 5.91 Å². The zero-order chi connectivity index (χ0) is 18.3. The number of benzene rings is 3. The number of hydrogen-bond donors (Lipinski definition) is 0. The summed E-state index contributed by atoms with van der Waals surface area (Å²) in [5, 5.41) is 3.73. The number of hydrogen-bond acceptors (Lipinski definition) is 2. The van der Waals surface area contributed by atoms with E-state index in [9.17, 15) is 4.79 Å². The Kier molecular flexibility index (Phi) is 4.17. The van der Waals surface area contributed by atoms with Crippen LogP contribution in [0, 0.1) is 6.92 Å². The summed E-state index contributed by atoms with van der Waals surface area (Å²) >= 11 is 6.22. The molecule has 1 amide bonds. The van der Waals surface area contributed by atoms with Gasteiger partial charge in [-0.05, 0) is 23.9 Å². The van der Waals surface area contributed by atoms with Gasteiger partial charge in [0, 0.05) is 35.0 Å². The van der Waals surface area contributed by atoms with Crippen LogP contribution in [-0.4, -0.2) is 17.9 Å². The molecule has 0 aliphatic carbocycles. The summed E-state index contributed by atoms with van der Waals surface area (Å²) in [5.41, 5.74) is 2.53. The zero-order valence-corrected chi connectivity index (χ0v) is 15.4. The number of nitrogens with zero attached hydrogens (tertiary/aromatic N) is 1. The van der Waals surface area contributed by atoms with Crippen molar-refractivity contribution in [1.29, 1.82) is 0 Å². The number of carbonyl (C=O) groups is 1. The molecule has 0 fully saturated rings. The lowest BCUT2D eigenvalue weighted by Crippen LogP contribution is -2.26. The van der Waals surface area contributed by atoms with Gasteiger partial charge >= 0.3 is 0 Å². The Hall–Kier alpha value is -2.78. The average molecular weight is 364 g/mol. The maximum atomic E-state index is 13.0. The molecule has 3 aromatic carbocycles. The minimum atomic E-state index is -0.150. The molecule has 0 atom stereocenters. The average Bonchev–Trinajstić information content (AvgIpc) is 3.00. The van der Waals surface area contributed by atoms with Crippen molar-refractivity contribution in [3.8, 4) is 0 Å². The molecule has 0 N–H and O–H groups in total. The molecule has 0 aliphatic rings. The number of halogens is 1. The Labute approximate surface area is 156 Å². The van der Waals surface area contributed by atoms with Crippen molar-refractivity contribution < 1.29 is 9.21 Å². The van der Waals surface area contributed by atoms with Gasteiger partial charge in [0.2, 0.25) is 0 Å². The van der Waals surface area contributed by atoms with Gasteiger partial charge in [-0.2, -0.15) is 0 Å². The number of carbonyl (C=O) groups excluding carboxylic acids is 1. The second kappa shape index (κ2) is 6.50. The fourth-order valence-electron chi connectivity index (χ4n) is 3.28. The second-order valence-corrected chi connectivity index (χ2v) is 6.88. The first-order valence-electron chi connectivity index (χ1n) is 8.46. The van der Waals surface area contributed by atoms with Crippen LogP contribution in [0.2, 0.25) is 5.02 Å². The summed E-state index contributed by atoms with van der Waals surface area (Å²) < 4.78 is 6.04. The minimum absolute atomic E-state index is 0.150. The van der Waals surface area contributed by atoms with E-state index >= 15 is 0 Å². The zero-order valence-electron chi connectivity index (χ0n) is 14.6. The highest BCUT2D eigenvalue weighted by atomic mass is 35.5. The highest BCUT2D eigenvalue weighted by molar-refractivity contribution is 6.31. The Morgan fingerprint density at radius 1 is 1.00 bits per heavy atom. The number of fused-ring (bicyclic) bond motifs is 3. The van der Waals surface area contributed by atoms with E-state index in [1.165, 1.54) is 0 Å². The summed E-state index contributed by atoms with van der Waals surface area (Å²) in [5.74, 6) is 0.230. The molecule has 1 aromatic heterocycles. The normalized spacial score (nSPS) is 11.2. The standard InChI is InChI=1S/C22H18ClNO2/c1-14-17-12-11-15-7-3-5-9-18(15)21(17)26-20(14)22(25)24(2)13-16-8-4-6-10-19(16)23/h3-12H,13H2,1-2H3. The molecular formula is C22H18ClNO2. The van der Waals surface area contributed by atoms with E-state index in [4.69, 9.17) is 16.0 Å². The Morgan fingerprint density at radius 3 is 2.54 bits per heavy atom. The van der Waals surface area contributed by atoms with Crippen LogP contribution in [0.5, 0.6) is 0 Å². The molecule has 4 aromatic rings. The fraction of sp³-hybridized carbons (Fsp3) is 0.136. The van der Waals surface area contributed by atoms with Gasteiger partial charge in [0.05, 0.1) is 0 Å².